The molecule has 0 aromatic heterocycles. The molecule has 4 nitrogen and oxygen atoms in total. The molecule has 0 radical (unpaired) electrons. The lowest BCUT2D eigenvalue weighted by Crippen LogP contribution is -2.32. The van der Waals surface area contributed by atoms with Gasteiger partial charge in [-0.15, -0.1) is 0 Å². The lowest BCUT2D eigenvalue weighted by atomic mass is 10.2. The van der Waals surface area contributed by atoms with Gasteiger partial charge in [0.1, 0.15) is 5.75 Å². The zero-order valence-corrected chi connectivity index (χ0v) is 11.4. The molecule has 0 spiro atoms. The first kappa shape index (κ1) is 13.9. The van der Waals surface area contributed by atoms with Gasteiger partial charge in [-0.3, -0.25) is 4.79 Å². The Labute approximate surface area is 114 Å². The summed E-state index contributed by atoms with van der Waals surface area (Å²) in [4.78, 5) is 11.6. The molecule has 1 aromatic rings. The topological polar surface area (TPSA) is 47.6 Å². The highest BCUT2D eigenvalue weighted by Gasteiger charge is 2.15. The third-order valence-corrected chi connectivity index (χ3v) is 3.17. The molecule has 4 heteroatoms. The Morgan fingerprint density at radius 3 is 2.89 bits per heavy atom. The van der Waals surface area contributed by atoms with Crippen LogP contribution in [0.2, 0.25) is 0 Å². The van der Waals surface area contributed by atoms with Crippen molar-refractivity contribution < 1.29 is 14.3 Å². The summed E-state index contributed by atoms with van der Waals surface area (Å²) in [7, 11) is 0. The first-order valence-corrected chi connectivity index (χ1v) is 6.82. The fourth-order valence-electron chi connectivity index (χ4n) is 2.02. The molecule has 1 saturated heterocycles. The lowest BCUT2D eigenvalue weighted by molar-refractivity contribution is -0.122. The molecule has 19 heavy (non-hydrogen) atoms. The molecule has 1 aromatic carbocycles. The lowest BCUT2D eigenvalue weighted by Gasteiger charge is -2.11. The average molecular weight is 263 g/mol. The molecular weight excluding hydrogens is 242 g/mol. The number of amides is 1. The van der Waals surface area contributed by atoms with Gasteiger partial charge in [-0.25, -0.2) is 0 Å². The molecule has 1 aliphatic heterocycles. The highest BCUT2D eigenvalue weighted by molar-refractivity contribution is 5.76. The van der Waals surface area contributed by atoms with E-state index < -0.39 is 0 Å². The number of rotatable bonds is 6. The fourth-order valence-corrected chi connectivity index (χ4v) is 2.02. The predicted molar refractivity (Wildman–Crippen MR) is 73.3 cm³/mol. The summed E-state index contributed by atoms with van der Waals surface area (Å²) >= 11 is 0. The van der Waals surface area contributed by atoms with Crippen LogP contribution in [-0.2, 0) is 9.53 Å². The average Bonchev–Trinajstić information content (AvgIpc) is 2.92. The number of carbonyl (C=O) groups excluding carboxylic acids is 1. The Morgan fingerprint density at radius 2 is 2.21 bits per heavy atom. The smallest absolute Gasteiger partial charge is 0.223 e. The maximum atomic E-state index is 11.6. The van der Waals surface area contributed by atoms with Crippen LogP contribution < -0.4 is 10.1 Å². The number of hydrogen-bond acceptors (Lipinski definition) is 3. The van der Waals surface area contributed by atoms with Crippen LogP contribution in [0.15, 0.2) is 24.3 Å². The summed E-state index contributed by atoms with van der Waals surface area (Å²) < 4.78 is 11.0. The molecule has 1 heterocycles. The van der Waals surface area contributed by atoms with Crippen LogP contribution in [0.5, 0.6) is 5.75 Å². The molecule has 2 rings (SSSR count). The van der Waals surface area contributed by atoms with Gasteiger partial charge in [-0.05, 0) is 31.9 Å². The van der Waals surface area contributed by atoms with Crippen molar-refractivity contribution >= 4 is 5.91 Å². The normalized spacial score (nSPS) is 18.3. The van der Waals surface area contributed by atoms with E-state index >= 15 is 0 Å². The van der Waals surface area contributed by atoms with Crippen molar-refractivity contribution in [2.24, 2.45) is 0 Å². The van der Waals surface area contributed by atoms with Gasteiger partial charge in [0.15, 0.2) is 0 Å². The summed E-state index contributed by atoms with van der Waals surface area (Å²) in [6, 6.07) is 7.82. The minimum absolute atomic E-state index is 0.0163. The summed E-state index contributed by atoms with van der Waals surface area (Å²) in [5.74, 6) is 0.820. The summed E-state index contributed by atoms with van der Waals surface area (Å²) in [6.45, 7) is 3.86. The first-order valence-electron chi connectivity index (χ1n) is 6.82. The maximum absolute atomic E-state index is 11.6. The van der Waals surface area contributed by atoms with Crippen molar-refractivity contribution in [1.82, 2.24) is 5.32 Å². The third-order valence-electron chi connectivity index (χ3n) is 3.17. The quantitative estimate of drug-likeness (QED) is 0.854. The van der Waals surface area contributed by atoms with E-state index in [9.17, 15) is 4.79 Å². The Bertz CT molecular complexity index is 396. The van der Waals surface area contributed by atoms with Crippen LogP contribution in [0, 0.1) is 6.92 Å². The van der Waals surface area contributed by atoms with Crippen LogP contribution in [0.25, 0.3) is 0 Å². The van der Waals surface area contributed by atoms with Crippen LogP contribution >= 0.6 is 0 Å². The molecular formula is C15H21NO3. The molecule has 0 aliphatic carbocycles. The van der Waals surface area contributed by atoms with Crippen molar-refractivity contribution in [3.05, 3.63) is 29.8 Å². The zero-order chi connectivity index (χ0) is 13.5. The second-order valence-electron chi connectivity index (χ2n) is 4.85. The van der Waals surface area contributed by atoms with E-state index in [0.717, 1.165) is 25.2 Å². The Kier molecular flexibility index (Phi) is 5.21. The Balaban J connectivity index is 1.59. The van der Waals surface area contributed by atoms with Crippen molar-refractivity contribution in [3.8, 4) is 5.75 Å². The molecule has 0 bridgehead atoms. The molecule has 104 valence electrons. The number of ether oxygens (including phenoxy) is 2. The predicted octanol–water partition coefficient (Wildman–Crippen LogP) is 2.06. The Morgan fingerprint density at radius 1 is 1.42 bits per heavy atom. The molecule has 1 aliphatic rings. The van der Waals surface area contributed by atoms with Gasteiger partial charge in [0, 0.05) is 13.2 Å². The second-order valence-corrected chi connectivity index (χ2v) is 4.85. The molecule has 0 saturated carbocycles. The molecule has 1 amide bonds. The van der Waals surface area contributed by atoms with Gasteiger partial charge >= 0.3 is 0 Å². The number of carbonyl (C=O) groups is 1. The van der Waals surface area contributed by atoms with E-state index in [2.05, 4.69) is 5.32 Å². The van der Waals surface area contributed by atoms with E-state index in [4.69, 9.17) is 9.47 Å². The maximum Gasteiger partial charge on any atom is 0.223 e. The Hall–Kier alpha value is -1.55. The third kappa shape index (κ3) is 4.91. The first-order chi connectivity index (χ1) is 9.24. The van der Waals surface area contributed by atoms with Gasteiger partial charge in [0.25, 0.3) is 0 Å². The second kappa shape index (κ2) is 7.14. The highest BCUT2D eigenvalue weighted by atomic mass is 16.5. The molecule has 1 atom stereocenters. The fraction of sp³-hybridized carbons (Fsp3) is 0.533. The largest absolute Gasteiger partial charge is 0.493 e. The van der Waals surface area contributed by atoms with Crippen molar-refractivity contribution in [3.63, 3.8) is 0 Å². The molecule has 1 fully saturated rings. The number of benzene rings is 1. The summed E-state index contributed by atoms with van der Waals surface area (Å²) in [5, 5.41) is 2.88. The van der Waals surface area contributed by atoms with Crippen LogP contribution in [0.4, 0.5) is 0 Å². The van der Waals surface area contributed by atoms with Crippen molar-refractivity contribution in [2.75, 3.05) is 19.8 Å². The monoisotopic (exact) mass is 263 g/mol. The minimum atomic E-state index is 0.0163. The number of aryl methyl sites for hydroxylation is 1. The van der Waals surface area contributed by atoms with Gasteiger partial charge in [-0.2, -0.15) is 0 Å². The van der Waals surface area contributed by atoms with E-state index in [1.807, 2.05) is 31.2 Å². The van der Waals surface area contributed by atoms with Crippen molar-refractivity contribution in [1.29, 1.82) is 0 Å². The summed E-state index contributed by atoms with van der Waals surface area (Å²) in [6.07, 6.45) is 2.71. The highest BCUT2D eigenvalue weighted by Crippen LogP contribution is 2.12. The van der Waals surface area contributed by atoms with E-state index in [1.54, 1.807) is 0 Å². The van der Waals surface area contributed by atoms with Gasteiger partial charge < -0.3 is 14.8 Å². The van der Waals surface area contributed by atoms with Gasteiger partial charge in [0.05, 0.1) is 19.1 Å². The van der Waals surface area contributed by atoms with Gasteiger partial charge in [-0.1, -0.05) is 17.7 Å². The van der Waals surface area contributed by atoms with E-state index in [0.29, 0.717) is 19.6 Å². The van der Waals surface area contributed by atoms with Crippen LogP contribution in [0.3, 0.4) is 0 Å². The SMILES string of the molecule is Cc1ccc(OCCC(=O)NCC2CCCO2)cc1. The van der Waals surface area contributed by atoms with Crippen LogP contribution in [0.1, 0.15) is 24.8 Å². The zero-order valence-electron chi connectivity index (χ0n) is 11.4. The van der Waals surface area contributed by atoms with E-state index in [-0.39, 0.29) is 12.0 Å². The number of hydrogen-bond donors (Lipinski definition) is 1. The minimum Gasteiger partial charge on any atom is -0.493 e. The van der Waals surface area contributed by atoms with E-state index in [1.165, 1.54) is 5.56 Å². The molecule has 1 unspecified atom stereocenters. The van der Waals surface area contributed by atoms with Gasteiger partial charge in [0.2, 0.25) is 5.91 Å². The summed E-state index contributed by atoms with van der Waals surface area (Å²) in [5.41, 5.74) is 1.20. The number of nitrogens with one attached hydrogen (secondary N) is 1. The standard InChI is InChI=1S/C15H21NO3/c1-12-4-6-13(7-5-12)19-10-8-15(17)16-11-14-3-2-9-18-14/h4-7,14H,2-3,8-11H2,1H3,(H,16,17). The van der Waals surface area contributed by atoms with Crippen LogP contribution in [-0.4, -0.2) is 31.8 Å². The molecule has 1 N–H and O–H groups in total. The van der Waals surface area contributed by atoms with Crippen molar-refractivity contribution in [2.45, 2.75) is 32.3 Å².